The van der Waals surface area contributed by atoms with Crippen molar-refractivity contribution in [3.63, 3.8) is 0 Å². The van der Waals surface area contributed by atoms with Crippen molar-refractivity contribution in [3.8, 4) is 5.75 Å². The van der Waals surface area contributed by atoms with Gasteiger partial charge in [-0.1, -0.05) is 76.3 Å². The van der Waals surface area contributed by atoms with Crippen LogP contribution in [0.25, 0.3) is 10.8 Å². The van der Waals surface area contributed by atoms with E-state index in [-0.39, 0.29) is 40.6 Å². The fraction of sp³-hybridized carbons (Fsp3) is 0.560. The number of hydrogen-bond acceptors (Lipinski definition) is 5. The van der Waals surface area contributed by atoms with Gasteiger partial charge in [-0.3, -0.25) is 4.79 Å². The molecule has 0 saturated heterocycles. The third-order valence-electron chi connectivity index (χ3n) is 18.2. The van der Waals surface area contributed by atoms with Gasteiger partial charge in [0.1, 0.15) is 5.75 Å². The number of hydrogen-bond donors (Lipinski definition) is 2. The number of fused-ring (bicyclic) bond motifs is 4. The van der Waals surface area contributed by atoms with Crippen LogP contribution in [0.1, 0.15) is 102 Å². The minimum Gasteiger partial charge on any atom is -0.410 e. The molecule has 0 radical (unpaired) electrons. The highest BCUT2D eigenvalue weighted by atomic mass is 19.2. The van der Waals surface area contributed by atoms with Gasteiger partial charge in [0.05, 0.1) is 18.2 Å². The Morgan fingerprint density at radius 2 is 1.57 bits per heavy atom. The van der Waals surface area contributed by atoms with Crippen molar-refractivity contribution in [1.29, 1.82) is 0 Å². The molecule has 11 unspecified atom stereocenters. The SMILES string of the molecule is CC1(C)C2CCC(CN(CC3(O)CCC4C56C=CC7(C=C5C(=O)c5ccc(F)c(F)c5)CC(O)CCC7(C)C6CCC43C)C(=O)Oc3ccc4ccccc4c3)C1C2. The van der Waals surface area contributed by atoms with E-state index in [2.05, 4.69) is 45.9 Å². The molecule has 0 aliphatic heterocycles. The lowest BCUT2D eigenvalue weighted by Gasteiger charge is -2.71. The third-order valence-corrected chi connectivity index (χ3v) is 18.2. The summed E-state index contributed by atoms with van der Waals surface area (Å²) >= 11 is 0. The third kappa shape index (κ3) is 5.18. The van der Waals surface area contributed by atoms with Gasteiger partial charge >= 0.3 is 6.09 Å². The van der Waals surface area contributed by atoms with Crippen LogP contribution in [0, 0.1) is 68.3 Å². The number of carbonyl (C=O) groups excluding carboxylic acids is 2. The lowest BCUT2D eigenvalue weighted by Crippen LogP contribution is -2.67. The molecule has 6 fully saturated rings. The fourth-order valence-corrected chi connectivity index (χ4v) is 14.8. The number of rotatable bonds is 7. The van der Waals surface area contributed by atoms with E-state index in [0.717, 1.165) is 48.6 Å². The molecular formula is C50H57F2NO5. The van der Waals surface area contributed by atoms with Gasteiger partial charge in [-0.2, -0.15) is 0 Å². The maximum Gasteiger partial charge on any atom is 0.415 e. The second-order valence-corrected chi connectivity index (χ2v) is 20.7. The number of amides is 1. The number of carbonyl (C=O) groups is 2. The molecule has 6 nitrogen and oxygen atoms in total. The van der Waals surface area contributed by atoms with E-state index in [4.69, 9.17) is 4.74 Å². The van der Waals surface area contributed by atoms with Crippen molar-refractivity contribution in [1.82, 2.24) is 4.90 Å². The van der Waals surface area contributed by atoms with Crippen LogP contribution in [0.4, 0.5) is 13.6 Å². The Bertz CT molecular complexity index is 2280. The monoisotopic (exact) mass is 789 g/mol. The van der Waals surface area contributed by atoms with Crippen molar-refractivity contribution < 1.29 is 33.3 Å². The molecule has 4 bridgehead atoms. The molecule has 6 saturated carbocycles. The molecule has 11 atom stereocenters. The number of ketones is 1. The van der Waals surface area contributed by atoms with Crippen LogP contribution in [0.15, 0.2) is 84.5 Å². The van der Waals surface area contributed by atoms with Gasteiger partial charge in [-0.05, 0) is 146 Å². The first-order chi connectivity index (χ1) is 27.5. The van der Waals surface area contributed by atoms with Crippen molar-refractivity contribution in [2.75, 3.05) is 13.1 Å². The van der Waals surface area contributed by atoms with Crippen molar-refractivity contribution >= 4 is 22.6 Å². The average Bonchev–Trinajstić information content (AvgIpc) is 3.47. The van der Waals surface area contributed by atoms with E-state index in [1.807, 2.05) is 47.4 Å². The zero-order valence-electron chi connectivity index (χ0n) is 34.3. The summed E-state index contributed by atoms with van der Waals surface area (Å²) in [5, 5.41) is 26.4. The van der Waals surface area contributed by atoms with Crippen molar-refractivity contribution in [2.45, 2.75) is 104 Å². The van der Waals surface area contributed by atoms with Crippen LogP contribution in [0.5, 0.6) is 5.75 Å². The molecule has 8 heteroatoms. The molecule has 2 N–H and O–H groups in total. The highest BCUT2D eigenvalue weighted by Gasteiger charge is 2.74. The Hall–Kier alpha value is -3.88. The Kier molecular flexibility index (Phi) is 8.47. The maximum absolute atomic E-state index is 14.9. The van der Waals surface area contributed by atoms with E-state index < -0.39 is 45.7 Å². The largest absolute Gasteiger partial charge is 0.415 e. The maximum atomic E-state index is 14.9. The molecule has 9 aliphatic rings. The van der Waals surface area contributed by atoms with Crippen LogP contribution in [-0.4, -0.2) is 51.8 Å². The summed E-state index contributed by atoms with van der Waals surface area (Å²) < 4.78 is 35.2. The fourth-order valence-electron chi connectivity index (χ4n) is 14.8. The molecule has 12 rings (SSSR count). The smallest absolute Gasteiger partial charge is 0.410 e. The second kappa shape index (κ2) is 12.8. The number of allylic oxidation sites excluding steroid dienone is 4. The topological polar surface area (TPSA) is 87.1 Å². The molecule has 2 spiro atoms. The molecule has 9 aliphatic carbocycles. The summed E-state index contributed by atoms with van der Waals surface area (Å²) in [6.45, 7) is 9.84. The van der Waals surface area contributed by atoms with Crippen LogP contribution in [0.3, 0.4) is 0 Å². The molecule has 0 aromatic heterocycles. The Balaban J connectivity index is 1.02. The predicted molar refractivity (Wildman–Crippen MR) is 219 cm³/mol. The van der Waals surface area contributed by atoms with Gasteiger partial charge in [0.2, 0.25) is 0 Å². The second-order valence-electron chi connectivity index (χ2n) is 20.7. The summed E-state index contributed by atoms with van der Waals surface area (Å²) in [7, 11) is 0. The molecule has 3 aromatic rings. The van der Waals surface area contributed by atoms with Crippen LogP contribution in [-0.2, 0) is 0 Å². The number of nitrogens with zero attached hydrogens (tertiary/aromatic N) is 1. The highest BCUT2D eigenvalue weighted by molar-refractivity contribution is 6.10. The molecule has 1 amide bonds. The van der Waals surface area contributed by atoms with Crippen LogP contribution < -0.4 is 4.74 Å². The molecule has 3 aromatic carbocycles. The Morgan fingerprint density at radius 3 is 2.33 bits per heavy atom. The zero-order chi connectivity index (χ0) is 40.6. The first-order valence-corrected chi connectivity index (χ1v) is 21.8. The van der Waals surface area contributed by atoms with Crippen LogP contribution in [0.2, 0.25) is 0 Å². The molecular weight excluding hydrogens is 733 g/mol. The Labute approximate surface area is 340 Å². The first-order valence-electron chi connectivity index (χ1n) is 21.8. The minimum atomic E-state index is -1.29. The van der Waals surface area contributed by atoms with Gasteiger partial charge in [-0.15, -0.1) is 0 Å². The first kappa shape index (κ1) is 38.3. The van der Waals surface area contributed by atoms with E-state index in [1.165, 1.54) is 12.5 Å². The summed E-state index contributed by atoms with van der Waals surface area (Å²) in [5.41, 5.74) is -2.66. The summed E-state index contributed by atoms with van der Waals surface area (Å²) in [5.74, 6) is -0.542. The van der Waals surface area contributed by atoms with E-state index >= 15 is 0 Å². The van der Waals surface area contributed by atoms with Gasteiger partial charge < -0.3 is 19.8 Å². The molecule has 306 valence electrons. The number of aliphatic hydroxyl groups excluding tert-OH is 1. The number of benzene rings is 3. The number of ether oxygens (including phenoxy) is 1. The van der Waals surface area contributed by atoms with E-state index in [0.29, 0.717) is 67.7 Å². The van der Waals surface area contributed by atoms with E-state index in [9.17, 15) is 28.6 Å². The molecule has 0 heterocycles. The predicted octanol–water partition coefficient (Wildman–Crippen LogP) is 10.5. The highest BCUT2D eigenvalue weighted by Crippen LogP contribution is 2.78. The number of aliphatic hydroxyl groups is 2. The lowest BCUT2D eigenvalue weighted by atomic mass is 9.32. The van der Waals surface area contributed by atoms with E-state index in [1.54, 1.807) is 0 Å². The quantitative estimate of drug-likeness (QED) is 0.184. The average molecular weight is 790 g/mol. The standard InChI is InChI=1S/C50H57F2NO5/c1-45(2)34-12-9-33(37(45)25-34)28-53(44(56)58-36-13-10-30-7-5-6-8-31(30)23-36)29-49(57)20-17-42-47(49,4)19-16-41-46(3)18-15-35(54)26-48(46)21-22-50(41,42)38(27-48)43(55)32-11-14-39(51)40(52)24-32/h5-8,10-11,13-14,21-24,27,33-35,37,41-42,54,57H,9,12,15-20,25-26,28-29H2,1-4H3. The summed E-state index contributed by atoms with van der Waals surface area (Å²) in [6, 6.07) is 17.1. The van der Waals surface area contributed by atoms with Gasteiger partial charge in [0.25, 0.3) is 0 Å². The minimum absolute atomic E-state index is 0.0391. The number of halogens is 2. The Morgan fingerprint density at radius 1 is 0.828 bits per heavy atom. The van der Waals surface area contributed by atoms with Gasteiger partial charge in [-0.25, -0.2) is 13.6 Å². The van der Waals surface area contributed by atoms with Crippen molar-refractivity contribution in [2.24, 2.45) is 56.7 Å². The zero-order valence-corrected chi connectivity index (χ0v) is 34.3. The van der Waals surface area contributed by atoms with Crippen molar-refractivity contribution in [3.05, 3.63) is 102 Å². The van der Waals surface area contributed by atoms with Gasteiger partial charge in [0.15, 0.2) is 17.4 Å². The van der Waals surface area contributed by atoms with Crippen LogP contribution >= 0.6 is 0 Å². The summed E-state index contributed by atoms with van der Waals surface area (Å²) in [6.07, 6.45) is 13.5. The summed E-state index contributed by atoms with van der Waals surface area (Å²) in [4.78, 5) is 31.2. The number of Topliss-reactive ketones (excluding diaryl/α,β-unsaturated/α-hetero) is 1. The molecule has 58 heavy (non-hydrogen) atoms. The normalized spacial score (nSPS) is 40.2. The van der Waals surface area contributed by atoms with Gasteiger partial charge in [0, 0.05) is 33.9 Å². The lowest BCUT2D eigenvalue weighted by molar-refractivity contribution is -0.176.